The first-order valence-corrected chi connectivity index (χ1v) is 6.62. The van der Waals surface area contributed by atoms with Gasteiger partial charge >= 0.3 is 0 Å². The van der Waals surface area contributed by atoms with Gasteiger partial charge in [0.1, 0.15) is 11.5 Å². The van der Waals surface area contributed by atoms with Gasteiger partial charge in [0.15, 0.2) is 0 Å². The van der Waals surface area contributed by atoms with Crippen LogP contribution in [0.2, 0.25) is 0 Å². The molecule has 20 heavy (non-hydrogen) atoms. The number of aromatic nitrogens is 3. The summed E-state index contributed by atoms with van der Waals surface area (Å²) in [4.78, 5) is 9.01. The Morgan fingerprint density at radius 2 is 1.75 bits per heavy atom. The minimum absolute atomic E-state index is 0.898. The normalized spacial score (nSPS) is 11.2. The average molecular weight is 259 g/mol. The predicted molar refractivity (Wildman–Crippen MR) is 81.1 cm³/mol. The van der Waals surface area contributed by atoms with E-state index in [1.807, 2.05) is 36.7 Å². The van der Waals surface area contributed by atoms with Crippen molar-refractivity contribution in [2.24, 2.45) is 0 Å². The van der Waals surface area contributed by atoms with Crippen LogP contribution in [0.25, 0.3) is 27.8 Å². The number of pyridine rings is 2. The van der Waals surface area contributed by atoms with Gasteiger partial charge in [-0.3, -0.25) is 4.57 Å². The van der Waals surface area contributed by atoms with E-state index in [9.17, 15) is 0 Å². The van der Waals surface area contributed by atoms with Crippen LogP contribution < -0.4 is 0 Å². The Kier molecular flexibility index (Phi) is 2.33. The molecule has 0 N–H and O–H groups in total. The van der Waals surface area contributed by atoms with Crippen LogP contribution in [0.15, 0.2) is 60.9 Å². The summed E-state index contributed by atoms with van der Waals surface area (Å²) in [5.74, 6) is 0.898. The third-order valence-corrected chi connectivity index (χ3v) is 3.56. The second-order valence-corrected chi connectivity index (χ2v) is 4.92. The Labute approximate surface area is 116 Å². The predicted octanol–water partition coefficient (Wildman–Crippen LogP) is 3.88. The maximum atomic E-state index is 4.55. The number of hydrogen-bond acceptors (Lipinski definition) is 2. The van der Waals surface area contributed by atoms with Crippen molar-refractivity contribution >= 4 is 21.9 Å². The summed E-state index contributed by atoms with van der Waals surface area (Å²) < 4.78 is 2.12. The number of fused-ring (bicyclic) bond motifs is 3. The highest BCUT2D eigenvalue weighted by Gasteiger charge is 2.13. The molecule has 3 nitrogen and oxygen atoms in total. The molecule has 0 bridgehead atoms. The Morgan fingerprint density at radius 1 is 0.850 bits per heavy atom. The monoisotopic (exact) mass is 259 g/mol. The Bertz CT molecular complexity index is 907. The van der Waals surface area contributed by atoms with Gasteiger partial charge in [-0.1, -0.05) is 17.7 Å². The molecule has 1 aromatic carbocycles. The van der Waals surface area contributed by atoms with Crippen LogP contribution >= 0.6 is 0 Å². The number of rotatable bonds is 1. The van der Waals surface area contributed by atoms with Gasteiger partial charge in [0.2, 0.25) is 0 Å². The molecule has 0 spiro atoms. The summed E-state index contributed by atoms with van der Waals surface area (Å²) in [7, 11) is 0. The first-order chi connectivity index (χ1) is 9.84. The van der Waals surface area contributed by atoms with Crippen LogP contribution in [0.3, 0.4) is 0 Å². The number of nitrogens with zero attached hydrogens (tertiary/aromatic N) is 3. The first kappa shape index (κ1) is 11.2. The Hall–Kier alpha value is -2.68. The molecule has 4 rings (SSSR count). The number of hydrogen-bond donors (Lipinski definition) is 0. The molecule has 4 aromatic rings. The fraction of sp³-hybridized carbons (Fsp3) is 0.0588. The van der Waals surface area contributed by atoms with Gasteiger partial charge in [0, 0.05) is 23.2 Å². The summed E-state index contributed by atoms with van der Waals surface area (Å²) in [6, 6.07) is 16.5. The van der Waals surface area contributed by atoms with Gasteiger partial charge in [-0.2, -0.15) is 0 Å². The van der Waals surface area contributed by atoms with Crippen molar-refractivity contribution in [2.45, 2.75) is 6.92 Å². The highest BCUT2D eigenvalue weighted by Crippen LogP contribution is 2.30. The van der Waals surface area contributed by atoms with Crippen molar-refractivity contribution in [3.05, 3.63) is 66.5 Å². The third kappa shape index (κ3) is 1.53. The van der Waals surface area contributed by atoms with E-state index in [4.69, 9.17) is 0 Å². The topological polar surface area (TPSA) is 30.7 Å². The van der Waals surface area contributed by atoms with Crippen molar-refractivity contribution in [1.82, 2.24) is 14.5 Å². The van der Waals surface area contributed by atoms with Crippen molar-refractivity contribution < 1.29 is 0 Å². The molecule has 0 fully saturated rings. The minimum atomic E-state index is 0.898. The summed E-state index contributed by atoms with van der Waals surface area (Å²) in [5, 5.41) is 2.38. The SMILES string of the molecule is Cc1ccc2c(c1)c1cccnc1n2-c1ccccn1. The molecule has 0 saturated heterocycles. The zero-order valence-electron chi connectivity index (χ0n) is 11.1. The lowest BCUT2D eigenvalue weighted by Crippen LogP contribution is -1.97. The zero-order valence-corrected chi connectivity index (χ0v) is 11.1. The van der Waals surface area contributed by atoms with Crippen LogP contribution in [-0.2, 0) is 0 Å². The average Bonchev–Trinajstić information content (AvgIpc) is 2.82. The molecule has 0 unspecified atom stereocenters. The third-order valence-electron chi connectivity index (χ3n) is 3.56. The summed E-state index contributed by atoms with van der Waals surface area (Å²) in [6.07, 6.45) is 3.64. The van der Waals surface area contributed by atoms with Gasteiger partial charge < -0.3 is 0 Å². The van der Waals surface area contributed by atoms with Crippen LogP contribution in [0.4, 0.5) is 0 Å². The van der Waals surface area contributed by atoms with Gasteiger partial charge in [0.05, 0.1) is 5.52 Å². The van der Waals surface area contributed by atoms with Crippen LogP contribution in [0, 0.1) is 6.92 Å². The van der Waals surface area contributed by atoms with Crippen molar-refractivity contribution in [3.8, 4) is 5.82 Å². The van der Waals surface area contributed by atoms with Gasteiger partial charge in [0.25, 0.3) is 0 Å². The molecule has 3 heteroatoms. The molecule has 0 saturated carbocycles. The Balaban J connectivity index is 2.22. The van der Waals surface area contributed by atoms with E-state index in [0.29, 0.717) is 0 Å². The fourth-order valence-electron chi connectivity index (χ4n) is 2.68. The maximum Gasteiger partial charge on any atom is 0.146 e. The molecule has 0 atom stereocenters. The number of benzene rings is 1. The molecule has 0 aliphatic carbocycles. The maximum absolute atomic E-state index is 4.55. The lowest BCUT2D eigenvalue weighted by molar-refractivity contribution is 1.06. The standard InChI is InChI=1S/C17H13N3/c1-12-7-8-15-14(11-12)13-5-4-10-19-17(13)20(15)16-6-2-3-9-18-16/h2-11H,1H3. The van der Waals surface area contributed by atoms with E-state index in [2.05, 4.69) is 45.7 Å². The molecular formula is C17H13N3. The van der Waals surface area contributed by atoms with Gasteiger partial charge in [-0.05, 0) is 43.3 Å². The fourth-order valence-corrected chi connectivity index (χ4v) is 2.68. The summed E-state index contributed by atoms with van der Waals surface area (Å²) >= 11 is 0. The molecule has 3 heterocycles. The highest BCUT2D eigenvalue weighted by molar-refractivity contribution is 6.07. The molecule has 0 amide bonds. The largest absolute Gasteiger partial charge is 0.278 e. The zero-order chi connectivity index (χ0) is 13.5. The van der Waals surface area contributed by atoms with Crippen LogP contribution in [0.1, 0.15) is 5.56 Å². The second kappa shape index (κ2) is 4.17. The molecule has 0 radical (unpaired) electrons. The lowest BCUT2D eigenvalue weighted by atomic mass is 10.1. The quantitative estimate of drug-likeness (QED) is 0.519. The van der Waals surface area contributed by atoms with E-state index in [1.165, 1.54) is 10.9 Å². The molecule has 3 aromatic heterocycles. The lowest BCUT2D eigenvalue weighted by Gasteiger charge is -2.05. The Morgan fingerprint density at radius 3 is 2.60 bits per heavy atom. The smallest absolute Gasteiger partial charge is 0.146 e. The second-order valence-electron chi connectivity index (χ2n) is 4.92. The first-order valence-electron chi connectivity index (χ1n) is 6.62. The van der Waals surface area contributed by atoms with Crippen molar-refractivity contribution in [3.63, 3.8) is 0 Å². The summed E-state index contributed by atoms with van der Waals surface area (Å²) in [5.41, 5.74) is 3.34. The molecule has 0 aliphatic heterocycles. The van der Waals surface area contributed by atoms with E-state index >= 15 is 0 Å². The van der Waals surface area contributed by atoms with Gasteiger partial charge in [-0.15, -0.1) is 0 Å². The van der Waals surface area contributed by atoms with Gasteiger partial charge in [-0.25, -0.2) is 9.97 Å². The molecule has 96 valence electrons. The van der Waals surface area contributed by atoms with Crippen molar-refractivity contribution in [1.29, 1.82) is 0 Å². The molecule has 0 aliphatic rings. The van der Waals surface area contributed by atoms with E-state index < -0.39 is 0 Å². The van der Waals surface area contributed by atoms with Crippen molar-refractivity contribution in [2.75, 3.05) is 0 Å². The van der Waals surface area contributed by atoms with E-state index in [1.54, 1.807) is 0 Å². The van der Waals surface area contributed by atoms with Crippen LogP contribution in [-0.4, -0.2) is 14.5 Å². The van der Waals surface area contributed by atoms with E-state index in [0.717, 1.165) is 22.4 Å². The minimum Gasteiger partial charge on any atom is -0.278 e. The van der Waals surface area contributed by atoms with E-state index in [-0.39, 0.29) is 0 Å². The summed E-state index contributed by atoms with van der Waals surface area (Å²) in [6.45, 7) is 2.11. The molecular weight excluding hydrogens is 246 g/mol. The highest BCUT2D eigenvalue weighted by atomic mass is 15.1. The number of aryl methyl sites for hydroxylation is 1. The van der Waals surface area contributed by atoms with Crippen LogP contribution in [0.5, 0.6) is 0 Å².